The first kappa shape index (κ1) is 28.5. The smallest absolute Gasteiger partial charge is 0.242 e. The number of carbonyl (C=O) groups excluding carboxylic acids is 1. The first-order valence-electron chi connectivity index (χ1n) is 10.4. The number of rotatable bonds is 11. The van der Waals surface area contributed by atoms with Gasteiger partial charge in [-0.25, -0.2) is 4.99 Å². The standard InChI is InChI=1S/C22H38N4O3.HI/c1-7-28-15-9-8-14-23-21(24-16-20(27)26-22(4,5)6)25-18-10-12-19(13-11-18)29-17(2)3;/h10-13,17H,7-9,14-16H2,1-6H3,(H,26,27)(H2,23,24,25);1H. The second kappa shape index (κ2) is 15.3. The van der Waals surface area contributed by atoms with Crippen LogP contribution < -0.4 is 20.7 Å². The Bertz CT molecular complexity index is 628. The zero-order valence-electron chi connectivity index (χ0n) is 19.2. The minimum Gasteiger partial charge on any atom is -0.491 e. The minimum absolute atomic E-state index is 0. The summed E-state index contributed by atoms with van der Waals surface area (Å²) in [5.74, 6) is 1.27. The molecule has 3 N–H and O–H groups in total. The summed E-state index contributed by atoms with van der Waals surface area (Å²) in [6.07, 6.45) is 2.06. The van der Waals surface area contributed by atoms with Crippen molar-refractivity contribution in [1.29, 1.82) is 0 Å². The van der Waals surface area contributed by atoms with Gasteiger partial charge in [-0.1, -0.05) is 0 Å². The molecule has 8 heteroatoms. The summed E-state index contributed by atoms with van der Waals surface area (Å²) in [6.45, 7) is 14.1. The third-order valence-electron chi connectivity index (χ3n) is 3.60. The Morgan fingerprint density at radius 1 is 1.13 bits per heavy atom. The summed E-state index contributed by atoms with van der Waals surface area (Å²) in [5.41, 5.74) is 0.594. The molecular weight excluding hydrogens is 495 g/mol. The molecule has 0 saturated carbocycles. The van der Waals surface area contributed by atoms with Crippen LogP contribution in [-0.4, -0.2) is 49.8 Å². The number of amides is 1. The molecule has 0 spiro atoms. The highest BCUT2D eigenvalue weighted by atomic mass is 127. The molecule has 0 atom stereocenters. The van der Waals surface area contributed by atoms with Crippen molar-refractivity contribution in [3.63, 3.8) is 0 Å². The number of anilines is 1. The predicted octanol–water partition coefficient (Wildman–Crippen LogP) is 4.18. The van der Waals surface area contributed by atoms with Crippen LogP contribution in [0.4, 0.5) is 5.69 Å². The van der Waals surface area contributed by atoms with Crippen LogP contribution in [0.5, 0.6) is 5.75 Å². The Morgan fingerprint density at radius 2 is 1.80 bits per heavy atom. The Kier molecular flexibility index (Phi) is 14.5. The number of guanidine groups is 1. The monoisotopic (exact) mass is 534 g/mol. The Hall–Kier alpha value is -1.55. The summed E-state index contributed by atoms with van der Waals surface area (Å²) >= 11 is 0. The van der Waals surface area contributed by atoms with E-state index in [4.69, 9.17) is 9.47 Å². The van der Waals surface area contributed by atoms with Crippen LogP contribution >= 0.6 is 24.0 Å². The zero-order valence-corrected chi connectivity index (χ0v) is 21.5. The normalized spacial score (nSPS) is 11.6. The summed E-state index contributed by atoms with van der Waals surface area (Å²) < 4.78 is 11.0. The van der Waals surface area contributed by atoms with Gasteiger partial charge in [0.15, 0.2) is 5.96 Å². The molecule has 1 amide bonds. The van der Waals surface area contributed by atoms with E-state index in [9.17, 15) is 4.79 Å². The fourth-order valence-electron chi connectivity index (χ4n) is 2.45. The molecular formula is C22H39IN4O3. The molecule has 1 rings (SSSR count). The molecule has 1 aromatic carbocycles. The molecule has 0 fully saturated rings. The number of nitrogens with one attached hydrogen (secondary N) is 3. The number of unbranched alkanes of at least 4 members (excludes halogenated alkanes) is 1. The van der Waals surface area contributed by atoms with E-state index in [0.717, 1.165) is 44.0 Å². The lowest BCUT2D eigenvalue weighted by Crippen LogP contribution is -2.42. The van der Waals surface area contributed by atoms with Crippen molar-refractivity contribution in [2.45, 2.75) is 66.0 Å². The van der Waals surface area contributed by atoms with Gasteiger partial charge in [0.25, 0.3) is 0 Å². The number of halogens is 1. The number of hydrogen-bond acceptors (Lipinski definition) is 4. The Balaban J connectivity index is 0.00000841. The van der Waals surface area contributed by atoms with Crippen LogP contribution in [0.15, 0.2) is 29.3 Å². The van der Waals surface area contributed by atoms with Gasteiger partial charge in [0, 0.05) is 31.0 Å². The van der Waals surface area contributed by atoms with Crippen molar-refractivity contribution in [3.8, 4) is 5.75 Å². The van der Waals surface area contributed by atoms with E-state index in [2.05, 4.69) is 20.9 Å². The van der Waals surface area contributed by atoms with Gasteiger partial charge in [0.05, 0.1) is 6.10 Å². The van der Waals surface area contributed by atoms with Gasteiger partial charge in [-0.15, -0.1) is 24.0 Å². The minimum atomic E-state index is -0.279. The number of nitrogens with zero attached hydrogens (tertiary/aromatic N) is 1. The van der Waals surface area contributed by atoms with E-state index in [1.165, 1.54) is 0 Å². The van der Waals surface area contributed by atoms with Crippen molar-refractivity contribution < 1.29 is 14.3 Å². The molecule has 0 bridgehead atoms. The van der Waals surface area contributed by atoms with E-state index in [-0.39, 0.29) is 48.1 Å². The molecule has 0 heterocycles. The second-order valence-electron chi connectivity index (χ2n) is 8.11. The molecule has 1 aromatic rings. The predicted molar refractivity (Wildman–Crippen MR) is 135 cm³/mol. The molecule has 7 nitrogen and oxygen atoms in total. The first-order valence-corrected chi connectivity index (χ1v) is 10.4. The largest absolute Gasteiger partial charge is 0.491 e. The van der Waals surface area contributed by atoms with E-state index in [1.807, 2.05) is 65.8 Å². The number of ether oxygens (including phenoxy) is 2. The number of hydrogen-bond donors (Lipinski definition) is 3. The van der Waals surface area contributed by atoms with Crippen LogP contribution in [0.2, 0.25) is 0 Å². The molecule has 0 unspecified atom stereocenters. The lowest BCUT2D eigenvalue weighted by Gasteiger charge is -2.20. The number of aliphatic imine (C=N–C) groups is 1. The van der Waals surface area contributed by atoms with Crippen molar-refractivity contribution in [3.05, 3.63) is 24.3 Å². The number of benzene rings is 1. The third kappa shape index (κ3) is 14.4. The highest BCUT2D eigenvalue weighted by molar-refractivity contribution is 14.0. The van der Waals surface area contributed by atoms with Gasteiger partial charge >= 0.3 is 0 Å². The van der Waals surface area contributed by atoms with E-state index in [1.54, 1.807) is 0 Å². The van der Waals surface area contributed by atoms with Crippen LogP contribution in [0.3, 0.4) is 0 Å². The molecule has 0 aromatic heterocycles. The Labute approximate surface area is 198 Å². The maximum atomic E-state index is 12.1. The maximum absolute atomic E-state index is 12.1. The zero-order chi connectivity index (χ0) is 21.7. The molecule has 0 aliphatic carbocycles. The van der Waals surface area contributed by atoms with E-state index in [0.29, 0.717) is 5.96 Å². The summed E-state index contributed by atoms with van der Waals surface area (Å²) in [5, 5.41) is 9.45. The van der Waals surface area contributed by atoms with Crippen LogP contribution in [0.25, 0.3) is 0 Å². The molecule has 0 aliphatic rings. The van der Waals surface area contributed by atoms with Crippen molar-refractivity contribution in [2.75, 3.05) is 31.6 Å². The summed E-state index contributed by atoms with van der Waals surface area (Å²) in [6, 6.07) is 7.68. The average molecular weight is 534 g/mol. The highest BCUT2D eigenvalue weighted by Gasteiger charge is 2.13. The van der Waals surface area contributed by atoms with Crippen molar-refractivity contribution >= 4 is 41.5 Å². The Morgan fingerprint density at radius 3 is 2.37 bits per heavy atom. The van der Waals surface area contributed by atoms with Crippen LogP contribution in [0, 0.1) is 0 Å². The lowest BCUT2D eigenvalue weighted by molar-refractivity contribution is -0.121. The fraction of sp³-hybridized carbons (Fsp3) is 0.636. The van der Waals surface area contributed by atoms with Gasteiger partial charge in [-0.2, -0.15) is 0 Å². The summed E-state index contributed by atoms with van der Waals surface area (Å²) in [7, 11) is 0. The number of carbonyl (C=O) groups is 1. The maximum Gasteiger partial charge on any atom is 0.242 e. The van der Waals surface area contributed by atoms with Gasteiger partial charge in [-0.05, 0) is 78.6 Å². The second-order valence-corrected chi connectivity index (χ2v) is 8.11. The molecule has 30 heavy (non-hydrogen) atoms. The molecule has 172 valence electrons. The van der Waals surface area contributed by atoms with Crippen molar-refractivity contribution in [2.24, 2.45) is 4.99 Å². The van der Waals surface area contributed by atoms with Crippen LogP contribution in [-0.2, 0) is 9.53 Å². The van der Waals surface area contributed by atoms with Gasteiger partial charge in [0.1, 0.15) is 12.3 Å². The SMILES string of the molecule is CCOCCCCNC(=NCC(=O)NC(C)(C)C)Nc1ccc(OC(C)C)cc1.I. The quantitative estimate of drug-likeness (QED) is 0.172. The van der Waals surface area contributed by atoms with Crippen molar-refractivity contribution in [1.82, 2.24) is 10.6 Å². The highest BCUT2D eigenvalue weighted by Crippen LogP contribution is 2.16. The van der Waals surface area contributed by atoms with Gasteiger partial charge in [-0.3, -0.25) is 4.79 Å². The molecule has 0 radical (unpaired) electrons. The van der Waals surface area contributed by atoms with E-state index < -0.39 is 0 Å². The van der Waals surface area contributed by atoms with Gasteiger partial charge in [0.2, 0.25) is 5.91 Å². The average Bonchev–Trinajstić information content (AvgIpc) is 2.62. The molecule has 0 saturated heterocycles. The third-order valence-corrected chi connectivity index (χ3v) is 3.60. The first-order chi connectivity index (χ1) is 13.7. The van der Waals surface area contributed by atoms with E-state index >= 15 is 0 Å². The molecule has 0 aliphatic heterocycles. The van der Waals surface area contributed by atoms with Gasteiger partial charge < -0.3 is 25.4 Å². The summed E-state index contributed by atoms with van der Waals surface area (Å²) in [4.78, 5) is 16.5. The van der Waals surface area contributed by atoms with Crippen LogP contribution in [0.1, 0.15) is 54.4 Å². The topological polar surface area (TPSA) is 84.0 Å². The fourth-order valence-corrected chi connectivity index (χ4v) is 2.45. The lowest BCUT2D eigenvalue weighted by atomic mass is 10.1.